The number of halogens is 4. The van der Waals surface area contributed by atoms with Crippen molar-refractivity contribution in [2.75, 3.05) is 15.5 Å². The molecule has 3 N–H and O–H groups in total. The maximum absolute atomic E-state index is 14.2. The summed E-state index contributed by atoms with van der Waals surface area (Å²) in [4.78, 5) is 63.0. The van der Waals surface area contributed by atoms with Crippen molar-refractivity contribution in [1.82, 2.24) is 49.9 Å². The molecule has 93 heavy (non-hydrogen) atoms. The van der Waals surface area contributed by atoms with Crippen molar-refractivity contribution < 1.29 is 33.1 Å². The van der Waals surface area contributed by atoms with Crippen LogP contribution in [0.3, 0.4) is 0 Å². The molecule has 0 saturated heterocycles. The van der Waals surface area contributed by atoms with E-state index in [1.54, 1.807) is 30.8 Å². The van der Waals surface area contributed by atoms with Crippen LogP contribution in [0.25, 0.3) is 21.8 Å². The Morgan fingerprint density at radius 2 is 1.09 bits per heavy atom. The number of carboxylic acids is 1. The molecule has 1 amide bonds. The van der Waals surface area contributed by atoms with Gasteiger partial charge in [0, 0.05) is 70.0 Å². The summed E-state index contributed by atoms with van der Waals surface area (Å²) in [6.07, 6.45) is 13.4. The number of carbonyl (C=O) groups excluding carboxylic acids is 3. The largest absolute Gasteiger partial charge is 0.474 e. The number of benzene rings is 2. The lowest BCUT2D eigenvalue weighted by Gasteiger charge is -2.61. The van der Waals surface area contributed by atoms with E-state index in [1.165, 1.54) is 36.7 Å². The van der Waals surface area contributed by atoms with Gasteiger partial charge in [-0.25, -0.2) is 24.1 Å². The Morgan fingerprint density at radius 1 is 0.656 bits per heavy atom. The molecule has 0 radical (unpaired) electrons. The van der Waals surface area contributed by atoms with E-state index in [4.69, 9.17) is 0 Å². The standard InChI is InChI=1S/C33H32FN9O3.C32H33FN8.C2Cl2O2/c1-17-23(6-7-26(34)38-17)29(25-16-42(41-40-25)33-10-19(11-33)12-33)43(30(44)31(45)46)22-8-20(13-35)27-24(9-22)28(21(14-36)15-37-27)39-18(2)32(3,4)5;1-18-24(6-7-28(33)37-18)25(27-17-41(40-39-27)32-11-21(12-32)13-32)9-20-8-22(14-34)29-26(10-20)30(23(15-35)16-36-29)38-19(2)31(3,4)5;3-1(5)2(4)6/h6-9,15-16,18-19,29H,10-12H2,1-5H3,(H,37,39)(H,45,46);6-8,10,16-17,19,21,25H,9,11-13H2,1-5H3,(H,36,38);/t18-,19?,29+,33?;19?,21?,25-,32?;/m10./s1. The topological polar surface area (TPSA) is 324 Å². The first-order chi connectivity index (χ1) is 43.9. The molecular weight excluding hydrogens is 1230 g/mol. The number of aryl methyl sites for hydroxylation is 2. The van der Waals surface area contributed by atoms with Crippen LogP contribution in [0.15, 0.2) is 73.3 Å². The smallest absolute Gasteiger partial charge is 0.395 e. The lowest BCUT2D eigenvalue weighted by molar-refractivity contribution is -0.149. The number of amides is 1. The van der Waals surface area contributed by atoms with Crippen LogP contribution in [-0.4, -0.2) is 89.5 Å². The van der Waals surface area contributed by atoms with E-state index in [1.807, 2.05) is 50.7 Å². The van der Waals surface area contributed by atoms with Crippen LogP contribution in [0, 0.1) is 93.7 Å². The number of carbonyl (C=O) groups is 4. The highest BCUT2D eigenvalue weighted by Crippen LogP contribution is 2.63. The number of aliphatic carboxylic acids is 1. The van der Waals surface area contributed by atoms with Crippen LogP contribution in [0.2, 0.25) is 0 Å². The predicted molar refractivity (Wildman–Crippen MR) is 340 cm³/mol. The number of rotatable bonds is 15. The quantitative estimate of drug-likeness (QED) is 0.0488. The minimum atomic E-state index is -1.76. The maximum atomic E-state index is 14.2. The summed E-state index contributed by atoms with van der Waals surface area (Å²) in [5, 5.41) is 74.0. The average Bonchev–Trinajstić information content (AvgIpc) is 1.71. The summed E-state index contributed by atoms with van der Waals surface area (Å²) in [5.74, 6) is -3.16. The first-order valence-corrected chi connectivity index (χ1v) is 30.8. The number of hydrogen-bond donors (Lipinski definition) is 3. The number of hydrogen-bond acceptors (Lipinski definition) is 18. The zero-order valence-corrected chi connectivity index (χ0v) is 54.2. The van der Waals surface area contributed by atoms with E-state index in [-0.39, 0.29) is 73.6 Å². The third-order valence-corrected chi connectivity index (χ3v) is 19.3. The summed E-state index contributed by atoms with van der Waals surface area (Å²) in [7, 11) is 0. The highest BCUT2D eigenvalue weighted by molar-refractivity contribution is 6.97. The van der Waals surface area contributed by atoms with E-state index in [9.17, 15) is 54.1 Å². The Kier molecular flexibility index (Phi) is 18.0. The lowest BCUT2D eigenvalue weighted by atomic mass is 9.50. The number of anilines is 3. The van der Waals surface area contributed by atoms with E-state index in [2.05, 4.69) is 126 Å². The molecule has 6 aliphatic rings. The lowest BCUT2D eigenvalue weighted by Crippen LogP contribution is -2.59. The van der Waals surface area contributed by atoms with Crippen molar-refractivity contribution >= 4 is 84.4 Å². The van der Waals surface area contributed by atoms with Gasteiger partial charge >= 0.3 is 22.4 Å². The molecule has 6 aromatic heterocycles. The van der Waals surface area contributed by atoms with Crippen molar-refractivity contribution in [3.05, 3.63) is 147 Å². The van der Waals surface area contributed by atoms with Gasteiger partial charge in [-0.2, -0.15) is 29.8 Å². The highest BCUT2D eigenvalue weighted by Gasteiger charge is 2.60. The Balaban J connectivity index is 0.000000188. The number of nitrogens with one attached hydrogen (secondary N) is 2. The molecule has 8 aromatic rings. The molecule has 4 bridgehead atoms. The Bertz CT molecular complexity index is 4500. The van der Waals surface area contributed by atoms with Crippen molar-refractivity contribution in [3.8, 4) is 24.3 Å². The van der Waals surface area contributed by atoms with E-state index in [0.29, 0.717) is 57.0 Å². The molecule has 22 nitrogen and oxygen atoms in total. The third kappa shape index (κ3) is 12.9. The van der Waals surface area contributed by atoms with Gasteiger partial charge in [-0.1, -0.05) is 64.1 Å². The van der Waals surface area contributed by atoms with E-state index >= 15 is 0 Å². The van der Waals surface area contributed by atoms with Crippen molar-refractivity contribution in [2.24, 2.45) is 22.7 Å². The zero-order chi connectivity index (χ0) is 67.4. The molecule has 4 atom stereocenters. The monoisotopic (exact) mass is 1300 g/mol. The summed E-state index contributed by atoms with van der Waals surface area (Å²) >= 11 is 8.98. The molecule has 476 valence electrons. The number of nitriles is 4. The van der Waals surface area contributed by atoms with Gasteiger partial charge in [-0.3, -0.25) is 29.3 Å². The number of pyridine rings is 4. The van der Waals surface area contributed by atoms with Gasteiger partial charge in [-0.05, 0) is 166 Å². The minimum absolute atomic E-state index is 0.0357. The molecule has 2 aromatic carbocycles. The van der Waals surface area contributed by atoms with Gasteiger partial charge in [0.15, 0.2) is 0 Å². The molecule has 14 rings (SSSR count). The molecule has 1 unspecified atom stereocenters. The number of fused-ring (bicyclic) bond motifs is 2. The molecule has 6 aliphatic carbocycles. The van der Waals surface area contributed by atoms with Crippen LogP contribution in [-0.2, 0) is 36.7 Å². The molecule has 6 heterocycles. The van der Waals surface area contributed by atoms with Crippen molar-refractivity contribution in [1.29, 1.82) is 21.0 Å². The predicted octanol–water partition coefficient (Wildman–Crippen LogP) is 11.6. The summed E-state index contributed by atoms with van der Waals surface area (Å²) < 4.78 is 32.0. The van der Waals surface area contributed by atoms with Crippen LogP contribution < -0.4 is 15.5 Å². The van der Waals surface area contributed by atoms with Gasteiger partial charge < -0.3 is 15.7 Å². The second kappa shape index (κ2) is 25.3. The minimum Gasteiger partial charge on any atom is -0.474 e. The Labute approximate surface area is 544 Å². The second-order valence-electron chi connectivity index (χ2n) is 26.8. The summed E-state index contributed by atoms with van der Waals surface area (Å²) in [6, 6.07) is 20.0. The average molecular weight is 1300 g/mol. The van der Waals surface area contributed by atoms with Gasteiger partial charge in [0.05, 0.1) is 67.6 Å². The molecule has 6 saturated carbocycles. The molecule has 6 fully saturated rings. The fraction of sp³-hybridized carbons (Fsp3) is 0.403. The number of carboxylic acid groups (broad SMARTS) is 1. The van der Waals surface area contributed by atoms with Crippen molar-refractivity contribution in [2.45, 2.75) is 149 Å². The van der Waals surface area contributed by atoms with Crippen LogP contribution >= 0.6 is 23.2 Å². The molecule has 0 spiro atoms. The number of aromatic nitrogens is 10. The highest BCUT2D eigenvalue weighted by atomic mass is 35.5. The van der Waals surface area contributed by atoms with E-state index < -0.39 is 40.3 Å². The molecular formula is C67H65Cl2F2N17O5. The van der Waals surface area contributed by atoms with Crippen LogP contribution in [0.5, 0.6) is 0 Å². The fourth-order valence-electron chi connectivity index (χ4n) is 12.4. The van der Waals surface area contributed by atoms with Gasteiger partial charge in [0.25, 0.3) is 0 Å². The normalized spacial score (nSPS) is 19.4. The first kappa shape index (κ1) is 66.1. The first-order valence-electron chi connectivity index (χ1n) is 30.0. The van der Waals surface area contributed by atoms with E-state index in [0.717, 1.165) is 77.6 Å². The fourth-order valence-corrected chi connectivity index (χ4v) is 12.4. The number of nitrogens with zero attached hydrogens (tertiary/aromatic N) is 15. The molecule has 26 heteroatoms. The van der Waals surface area contributed by atoms with Crippen molar-refractivity contribution in [3.63, 3.8) is 0 Å². The van der Waals surface area contributed by atoms with Gasteiger partial charge in [0.1, 0.15) is 36.0 Å². The Morgan fingerprint density at radius 3 is 1.49 bits per heavy atom. The zero-order valence-electron chi connectivity index (χ0n) is 52.6. The summed E-state index contributed by atoms with van der Waals surface area (Å²) in [6.45, 7) is 19.9. The second-order valence-corrected chi connectivity index (χ2v) is 27.5. The SMILES string of the molecule is Cc1nc(F)ccc1[C@@H](c1cn(C23CC(C2)C3)nn1)N(C(=O)C(=O)O)c1cc(C#N)c2ncc(C#N)c(N[C@H](C)C(C)(C)C)c2c1.Cc1nc(F)ccc1[C@H](Cc1cc(C#N)c2ncc(C#N)c(NC(C)C(C)(C)C)c2c1)c1cn(C23CC(C2)C3)nn1.O=C(Cl)C(=O)Cl. The Hall–Kier alpha value is -9.88. The van der Waals surface area contributed by atoms with Crippen LogP contribution in [0.4, 0.5) is 25.8 Å². The van der Waals surface area contributed by atoms with Gasteiger partial charge in [-0.15, -0.1) is 10.2 Å². The molecule has 0 aliphatic heterocycles. The third-order valence-electron chi connectivity index (χ3n) is 18.8. The van der Waals surface area contributed by atoms with Crippen LogP contribution in [0.1, 0.15) is 168 Å². The van der Waals surface area contributed by atoms with Gasteiger partial charge in [0.2, 0.25) is 11.9 Å². The summed E-state index contributed by atoms with van der Waals surface area (Å²) in [5.41, 5.74) is 6.56. The maximum Gasteiger partial charge on any atom is 0.395 e.